The minimum absolute atomic E-state index is 0. The summed E-state index contributed by atoms with van der Waals surface area (Å²) in [5.74, 6) is -1.08. The molecule has 0 aromatic rings. The summed E-state index contributed by atoms with van der Waals surface area (Å²) in [7, 11) is 0. The first kappa shape index (κ1) is 97.6. The van der Waals surface area contributed by atoms with Gasteiger partial charge in [0, 0.05) is 5.97 Å². The third kappa shape index (κ3) is 1610. The number of carboxylic acids is 1. The van der Waals surface area contributed by atoms with Gasteiger partial charge in [-0.1, -0.05) is 0 Å². The van der Waals surface area contributed by atoms with E-state index in [0.29, 0.717) is 0 Å². The summed E-state index contributed by atoms with van der Waals surface area (Å²) in [4.78, 5) is 8.89. The standard InChI is InChI=1S/C2H4O2.6H2O.Sr/c1-2(3)4;;;;;;;/h1H3,(H,3,4);6*1H2;/q;;;;;;;+2/p-1. The molecule has 72 valence electrons. The zero-order valence-electron chi connectivity index (χ0n) is 6.02. The topological polar surface area (TPSA) is 229 Å². The van der Waals surface area contributed by atoms with Crippen molar-refractivity contribution in [2.45, 2.75) is 6.92 Å². The summed E-state index contributed by atoms with van der Waals surface area (Å²) in [6, 6.07) is 0. The Kier molecular flexibility index (Phi) is 651. The van der Waals surface area contributed by atoms with E-state index < -0.39 is 5.97 Å². The van der Waals surface area contributed by atoms with E-state index >= 15 is 0 Å². The Morgan fingerprint density at radius 2 is 0.909 bits per heavy atom. The predicted molar refractivity (Wildman–Crippen MR) is 38.1 cm³/mol. The van der Waals surface area contributed by atoms with Gasteiger partial charge in [-0.3, -0.25) is 0 Å². The molecule has 12 N–H and O–H groups in total. The molecular formula is C2H15O8Sr+. The monoisotopic (exact) mass is 255 g/mol. The quantitative estimate of drug-likeness (QED) is 0.384. The van der Waals surface area contributed by atoms with Crippen LogP contribution in [0, 0.1) is 0 Å². The van der Waals surface area contributed by atoms with E-state index in [-0.39, 0.29) is 78.3 Å². The molecule has 0 radical (unpaired) electrons. The Hall–Kier alpha value is 0.711. The molecule has 0 spiro atoms. The smallest absolute Gasteiger partial charge is 0.550 e. The minimum Gasteiger partial charge on any atom is -0.550 e. The van der Waals surface area contributed by atoms with Gasteiger partial charge >= 0.3 is 45.5 Å². The number of carbonyl (C=O) groups is 1. The first-order valence-electron chi connectivity index (χ1n) is 0.908. The number of rotatable bonds is 0. The predicted octanol–water partition coefficient (Wildman–Crippen LogP) is -6.57. The fourth-order valence-electron chi connectivity index (χ4n) is 0. The summed E-state index contributed by atoms with van der Waals surface area (Å²) in [6.45, 7) is 0.972. The van der Waals surface area contributed by atoms with Crippen molar-refractivity contribution in [3.63, 3.8) is 0 Å². The van der Waals surface area contributed by atoms with Gasteiger partial charge in [0.2, 0.25) is 0 Å². The number of carbonyl (C=O) groups excluding carboxylic acids is 1. The largest absolute Gasteiger partial charge is 2.00 e. The van der Waals surface area contributed by atoms with Crippen LogP contribution in [-0.4, -0.2) is 84.3 Å². The van der Waals surface area contributed by atoms with Crippen molar-refractivity contribution >= 4 is 51.5 Å². The maximum atomic E-state index is 8.89. The fourth-order valence-corrected chi connectivity index (χ4v) is 0. The molecule has 0 saturated heterocycles. The number of hydrogen-bond donors (Lipinski definition) is 0. The second kappa shape index (κ2) is 73.4. The van der Waals surface area contributed by atoms with Crippen LogP contribution in [0.5, 0.6) is 0 Å². The van der Waals surface area contributed by atoms with Crippen LogP contribution in [0.3, 0.4) is 0 Å². The molecule has 0 aliphatic carbocycles. The number of carboxylic acid groups (broad SMARTS) is 1. The molecule has 0 heterocycles. The van der Waals surface area contributed by atoms with Crippen LogP contribution >= 0.6 is 0 Å². The molecule has 0 rings (SSSR count). The van der Waals surface area contributed by atoms with E-state index in [0.717, 1.165) is 6.92 Å². The van der Waals surface area contributed by atoms with Crippen LogP contribution in [0.1, 0.15) is 6.92 Å². The van der Waals surface area contributed by atoms with E-state index in [1.807, 2.05) is 0 Å². The third-order valence-corrected chi connectivity index (χ3v) is 0. The Balaban J connectivity index is -0.00000000214. The summed E-state index contributed by atoms with van der Waals surface area (Å²) in [5.41, 5.74) is 0. The maximum absolute atomic E-state index is 8.89. The van der Waals surface area contributed by atoms with Gasteiger partial charge in [0.1, 0.15) is 0 Å². The average Bonchev–Trinajstić information content (AvgIpc) is 0.811. The zero-order chi connectivity index (χ0) is 3.58. The van der Waals surface area contributed by atoms with Gasteiger partial charge in [-0.25, -0.2) is 0 Å². The summed E-state index contributed by atoms with van der Waals surface area (Å²) >= 11 is 0. The summed E-state index contributed by atoms with van der Waals surface area (Å²) in [5, 5.41) is 8.89. The molecule has 0 amide bonds. The third-order valence-electron chi connectivity index (χ3n) is 0. The van der Waals surface area contributed by atoms with E-state index in [1.165, 1.54) is 0 Å². The molecule has 9 heteroatoms. The van der Waals surface area contributed by atoms with Crippen LogP contribution in [0.2, 0.25) is 0 Å². The normalized spacial score (nSPS) is 2.27. The maximum Gasteiger partial charge on any atom is 2.00 e. The Morgan fingerprint density at radius 3 is 0.909 bits per heavy atom. The van der Waals surface area contributed by atoms with Crippen LogP contribution in [0.15, 0.2) is 0 Å². The SMILES string of the molecule is CC(=O)[O-].O.O.O.O.O.O.[Sr+2]. The Bertz CT molecular complexity index is 35.1. The van der Waals surface area contributed by atoms with Crippen molar-refractivity contribution in [2.75, 3.05) is 0 Å². The number of aliphatic carboxylic acids is 1. The molecule has 11 heavy (non-hydrogen) atoms. The molecule has 0 aromatic heterocycles. The van der Waals surface area contributed by atoms with Gasteiger partial charge < -0.3 is 42.8 Å². The molecule has 0 aromatic carbocycles. The van der Waals surface area contributed by atoms with Crippen molar-refractivity contribution in [1.82, 2.24) is 0 Å². The van der Waals surface area contributed by atoms with Crippen LogP contribution < -0.4 is 5.11 Å². The van der Waals surface area contributed by atoms with Crippen molar-refractivity contribution in [1.29, 1.82) is 0 Å². The molecule has 0 aliphatic rings. The molecular weight excluding hydrogens is 240 g/mol. The van der Waals surface area contributed by atoms with E-state index in [4.69, 9.17) is 9.90 Å². The molecule has 0 bridgehead atoms. The minimum atomic E-state index is -1.08. The fraction of sp³-hybridized carbons (Fsp3) is 0.500. The zero-order valence-corrected chi connectivity index (χ0v) is 9.50. The molecule has 0 saturated carbocycles. The van der Waals surface area contributed by atoms with E-state index in [2.05, 4.69) is 0 Å². The van der Waals surface area contributed by atoms with Gasteiger partial charge in [0.15, 0.2) is 0 Å². The molecule has 0 aliphatic heterocycles. The Morgan fingerprint density at radius 1 is 0.909 bits per heavy atom. The van der Waals surface area contributed by atoms with Crippen molar-refractivity contribution in [3.8, 4) is 0 Å². The van der Waals surface area contributed by atoms with Gasteiger partial charge in [-0.15, -0.1) is 0 Å². The Labute approximate surface area is 100 Å². The van der Waals surface area contributed by atoms with Crippen molar-refractivity contribution in [2.24, 2.45) is 0 Å². The van der Waals surface area contributed by atoms with Gasteiger partial charge in [0.05, 0.1) is 0 Å². The first-order valence-corrected chi connectivity index (χ1v) is 0.908. The summed E-state index contributed by atoms with van der Waals surface area (Å²) in [6.07, 6.45) is 0. The molecule has 0 fully saturated rings. The molecule has 0 atom stereocenters. The second-order valence-corrected chi connectivity index (χ2v) is 0.492. The van der Waals surface area contributed by atoms with Crippen molar-refractivity contribution < 1.29 is 42.8 Å². The first-order chi connectivity index (χ1) is 1.73. The van der Waals surface area contributed by atoms with Gasteiger partial charge in [-0.2, -0.15) is 0 Å². The van der Waals surface area contributed by atoms with Crippen molar-refractivity contribution in [3.05, 3.63) is 0 Å². The average molecular weight is 255 g/mol. The van der Waals surface area contributed by atoms with Crippen LogP contribution in [0.4, 0.5) is 0 Å². The summed E-state index contributed by atoms with van der Waals surface area (Å²) < 4.78 is 0. The molecule has 8 nitrogen and oxygen atoms in total. The van der Waals surface area contributed by atoms with E-state index in [9.17, 15) is 0 Å². The number of hydrogen-bond acceptors (Lipinski definition) is 2. The second-order valence-electron chi connectivity index (χ2n) is 0.492. The van der Waals surface area contributed by atoms with Crippen LogP contribution in [-0.2, 0) is 4.79 Å². The van der Waals surface area contributed by atoms with Crippen LogP contribution in [0.25, 0.3) is 0 Å². The van der Waals surface area contributed by atoms with E-state index in [1.54, 1.807) is 0 Å². The molecule has 0 unspecified atom stereocenters. The van der Waals surface area contributed by atoms with Gasteiger partial charge in [-0.05, 0) is 6.92 Å². The van der Waals surface area contributed by atoms with Gasteiger partial charge in [0.25, 0.3) is 0 Å².